The van der Waals surface area contributed by atoms with Gasteiger partial charge in [-0.15, -0.1) is 0 Å². The molecule has 0 amide bonds. The summed E-state index contributed by atoms with van der Waals surface area (Å²) < 4.78 is 29.3. The SMILES string of the molecule is CS(=O)(=O)[O-].Cc1cccc[n+]1C. The molecule has 13 heavy (non-hydrogen) atoms. The van der Waals surface area contributed by atoms with Gasteiger partial charge >= 0.3 is 0 Å². The van der Waals surface area contributed by atoms with Crippen molar-refractivity contribution in [1.82, 2.24) is 0 Å². The molecule has 1 heterocycles. The molecule has 0 atom stereocenters. The summed E-state index contributed by atoms with van der Waals surface area (Å²) in [5.41, 5.74) is 1.28. The molecule has 0 aromatic carbocycles. The van der Waals surface area contributed by atoms with Crippen LogP contribution in [0.1, 0.15) is 5.69 Å². The van der Waals surface area contributed by atoms with Gasteiger partial charge in [0.05, 0.1) is 10.1 Å². The highest BCUT2D eigenvalue weighted by Gasteiger charge is 1.91. The normalized spacial score (nSPS) is 10.2. The van der Waals surface area contributed by atoms with E-state index in [-0.39, 0.29) is 0 Å². The van der Waals surface area contributed by atoms with Crippen LogP contribution in [0.15, 0.2) is 24.4 Å². The first-order chi connectivity index (χ1) is 5.80. The summed E-state index contributed by atoms with van der Waals surface area (Å²) in [6, 6.07) is 6.14. The van der Waals surface area contributed by atoms with Gasteiger partial charge in [-0.05, 0) is 0 Å². The van der Waals surface area contributed by atoms with Gasteiger partial charge in [0, 0.05) is 25.3 Å². The minimum atomic E-state index is -3.92. The molecule has 0 fully saturated rings. The fourth-order valence-electron chi connectivity index (χ4n) is 0.609. The predicted octanol–water partition coefficient (Wildman–Crippen LogP) is -0.0191. The van der Waals surface area contributed by atoms with Gasteiger partial charge in [0.25, 0.3) is 0 Å². The zero-order valence-corrected chi connectivity index (χ0v) is 8.71. The molecule has 0 saturated heterocycles. The largest absolute Gasteiger partial charge is 0.748 e. The van der Waals surface area contributed by atoms with Crippen LogP contribution in [-0.2, 0) is 17.2 Å². The van der Waals surface area contributed by atoms with Crippen LogP contribution in [0.25, 0.3) is 0 Å². The highest BCUT2D eigenvalue weighted by molar-refractivity contribution is 7.84. The molecule has 5 heteroatoms. The van der Waals surface area contributed by atoms with Gasteiger partial charge in [-0.2, -0.15) is 0 Å². The maximum Gasteiger partial charge on any atom is 0.177 e. The first-order valence-electron chi connectivity index (χ1n) is 3.63. The summed E-state index contributed by atoms with van der Waals surface area (Å²) in [4.78, 5) is 0. The van der Waals surface area contributed by atoms with E-state index in [0.29, 0.717) is 6.26 Å². The molecule has 0 N–H and O–H groups in total. The number of rotatable bonds is 0. The minimum absolute atomic E-state index is 0.604. The van der Waals surface area contributed by atoms with E-state index in [1.807, 2.05) is 25.4 Å². The van der Waals surface area contributed by atoms with Gasteiger partial charge < -0.3 is 4.55 Å². The van der Waals surface area contributed by atoms with Crippen molar-refractivity contribution in [1.29, 1.82) is 0 Å². The molecule has 4 nitrogen and oxygen atoms in total. The van der Waals surface area contributed by atoms with Crippen LogP contribution >= 0.6 is 0 Å². The minimum Gasteiger partial charge on any atom is -0.748 e. The van der Waals surface area contributed by atoms with Gasteiger partial charge in [0.1, 0.15) is 7.05 Å². The van der Waals surface area contributed by atoms with E-state index >= 15 is 0 Å². The lowest BCUT2D eigenvalue weighted by Crippen LogP contribution is -2.30. The molecule has 1 rings (SSSR count). The van der Waals surface area contributed by atoms with Crippen molar-refractivity contribution >= 4 is 10.1 Å². The van der Waals surface area contributed by atoms with E-state index < -0.39 is 10.1 Å². The van der Waals surface area contributed by atoms with E-state index in [2.05, 4.69) is 17.6 Å². The number of pyridine rings is 1. The first-order valence-corrected chi connectivity index (χ1v) is 5.44. The molecular formula is C8H13NO3S. The molecule has 1 aromatic rings. The Morgan fingerprint density at radius 3 is 2.08 bits per heavy atom. The van der Waals surface area contributed by atoms with Gasteiger partial charge in [-0.1, -0.05) is 6.07 Å². The van der Waals surface area contributed by atoms with Crippen molar-refractivity contribution < 1.29 is 17.5 Å². The summed E-state index contributed by atoms with van der Waals surface area (Å²) in [7, 11) is -1.88. The Balaban J connectivity index is 0.000000252. The van der Waals surface area contributed by atoms with Crippen LogP contribution in [0.5, 0.6) is 0 Å². The number of hydrogen-bond donors (Lipinski definition) is 0. The number of hydrogen-bond acceptors (Lipinski definition) is 3. The molecule has 0 unspecified atom stereocenters. The van der Waals surface area contributed by atoms with Crippen molar-refractivity contribution in [2.24, 2.45) is 7.05 Å². The third-order valence-corrected chi connectivity index (χ3v) is 1.31. The van der Waals surface area contributed by atoms with Crippen molar-refractivity contribution in [3.8, 4) is 0 Å². The highest BCUT2D eigenvalue weighted by atomic mass is 32.2. The quantitative estimate of drug-likeness (QED) is 0.440. The van der Waals surface area contributed by atoms with Gasteiger partial charge in [-0.25, -0.2) is 13.0 Å². The monoisotopic (exact) mass is 203 g/mol. The van der Waals surface area contributed by atoms with Crippen molar-refractivity contribution in [3.05, 3.63) is 30.1 Å². The van der Waals surface area contributed by atoms with Gasteiger partial charge in [-0.3, -0.25) is 0 Å². The van der Waals surface area contributed by atoms with Crippen LogP contribution < -0.4 is 4.57 Å². The second-order valence-corrected chi connectivity index (χ2v) is 4.07. The van der Waals surface area contributed by atoms with E-state index in [1.54, 1.807) is 0 Å². The molecule has 0 aliphatic carbocycles. The smallest absolute Gasteiger partial charge is 0.177 e. The summed E-state index contributed by atoms with van der Waals surface area (Å²) in [5, 5.41) is 0. The molecule has 1 aromatic heterocycles. The lowest BCUT2D eigenvalue weighted by atomic mass is 10.4. The number of aryl methyl sites for hydroxylation is 2. The highest BCUT2D eigenvalue weighted by Crippen LogP contribution is 1.83. The molecule has 0 aliphatic heterocycles. The topological polar surface area (TPSA) is 61.1 Å². The maximum atomic E-state index is 9.08. The second-order valence-electron chi connectivity index (χ2n) is 2.66. The van der Waals surface area contributed by atoms with Crippen LogP contribution in [0.2, 0.25) is 0 Å². The lowest BCUT2D eigenvalue weighted by molar-refractivity contribution is -0.677. The standard InChI is InChI=1S/C7H10N.CH4O3S/c1-7-5-3-4-6-8(7)2;1-5(2,3)4/h3-6H,1-2H3;1H3,(H,2,3,4)/q+1;/p-1. The average Bonchev–Trinajstić information content (AvgIpc) is 1.92. The Labute approximate surface area is 78.6 Å². The Morgan fingerprint density at radius 1 is 1.38 bits per heavy atom. The van der Waals surface area contributed by atoms with E-state index in [9.17, 15) is 0 Å². The molecule has 0 aliphatic rings. The third kappa shape index (κ3) is 8.97. The zero-order chi connectivity index (χ0) is 10.5. The van der Waals surface area contributed by atoms with Crippen molar-refractivity contribution in [3.63, 3.8) is 0 Å². The molecule has 0 bridgehead atoms. The Kier molecular flexibility index (Phi) is 4.58. The van der Waals surface area contributed by atoms with E-state index in [0.717, 1.165) is 0 Å². The number of aromatic nitrogens is 1. The third-order valence-electron chi connectivity index (χ3n) is 1.31. The second kappa shape index (κ2) is 4.94. The Hall–Kier alpha value is -0.940. The van der Waals surface area contributed by atoms with Crippen LogP contribution in [0.3, 0.4) is 0 Å². The predicted molar refractivity (Wildman–Crippen MR) is 48.0 cm³/mol. The Morgan fingerprint density at radius 2 is 1.85 bits per heavy atom. The summed E-state index contributed by atoms with van der Waals surface area (Å²) >= 11 is 0. The maximum absolute atomic E-state index is 9.08. The van der Waals surface area contributed by atoms with Gasteiger partial charge in [0.2, 0.25) is 0 Å². The summed E-state index contributed by atoms with van der Waals surface area (Å²) in [5.74, 6) is 0. The van der Waals surface area contributed by atoms with Crippen molar-refractivity contribution in [2.45, 2.75) is 6.92 Å². The lowest BCUT2D eigenvalue weighted by Gasteiger charge is -1.90. The van der Waals surface area contributed by atoms with Crippen molar-refractivity contribution in [2.75, 3.05) is 6.26 Å². The Bertz CT molecular complexity index is 330. The molecule has 0 radical (unpaired) electrons. The van der Waals surface area contributed by atoms with Gasteiger partial charge in [0.15, 0.2) is 11.9 Å². The van der Waals surface area contributed by atoms with Crippen LogP contribution in [0, 0.1) is 6.92 Å². The summed E-state index contributed by atoms with van der Waals surface area (Å²) in [6.45, 7) is 2.08. The van der Waals surface area contributed by atoms with E-state index in [4.69, 9.17) is 13.0 Å². The summed E-state index contributed by atoms with van der Waals surface area (Å²) in [6.07, 6.45) is 2.64. The molecule has 74 valence electrons. The molecular weight excluding hydrogens is 190 g/mol. The zero-order valence-electron chi connectivity index (χ0n) is 7.89. The van der Waals surface area contributed by atoms with Crippen LogP contribution in [0.4, 0.5) is 0 Å². The fraction of sp³-hybridized carbons (Fsp3) is 0.375. The fourth-order valence-corrected chi connectivity index (χ4v) is 0.609. The molecule has 0 saturated carbocycles. The van der Waals surface area contributed by atoms with Crippen LogP contribution in [-0.4, -0.2) is 19.2 Å². The number of nitrogens with zero attached hydrogens (tertiary/aromatic N) is 1. The molecule has 0 spiro atoms. The first kappa shape index (κ1) is 12.1. The van der Waals surface area contributed by atoms with E-state index in [1.165, 1.54) is 5.69 Å². The average molecular weight is 203 g/mol.